The van der Waals surface area contributed by atoms with Crippen molar-refractivity contribution in [1.82, 2.24) is 20.0 Å². The number of nitrogens with one attached hydrogen (secondary N) is 1. The van der Waals surface area contributed by atoms with Crippen molar-refractivity contribution in [3.05, 3.63) is 58.3 Å². The summed E-state index contributed by atoms with van der Waals surface area (Å²) in [5.74, 6) is -0.839. The van der Waals surface area contributed by atoms with Crippen molar-refractivity contribution in [2.45, 2.75) is 31.8 Å². The number of carbonyl (C=O) groups excluding carboxylic acids is 2. The minimum Gasteiger partial charge on any atom is -0.358 e. The molecule has 1 aromatic carbocycles. The number of rotatable bonds is 7. The molecule has 0 aliphatic carbocycles. The molecule has 1 aliphatic rings. The van der Waals surface area contributed by atoms with E-state index in [-0.39, 0.29) is 18.3 Å². The lowest BCUT2D eigenvalue weighted by Crippen LogP contribution is -2.49. The van der Waals surface area contributed by atoms with E-state index in [9.17, 15) is 19.7 Å². The van der Waals surface area contributed by atoms with E-state index in [0.29, 0.717) is 19.5 Å². The second kappa shape index (κ2) is 8.43. The molecule has 0 bridgehead atoms. The minimum atomic E-state index is -0.677. The quantitative estimate of drug-likeness (QED) is 0.580. The summed E-state index contributed by atoms with van der Waals surface area (Å²) < 4.78 is 1.19. The van der Waals surface area contributed by atoms with Gasteiger partial charge in [0.25, 0.3) is 0 Å². The van der Waals surface area contributed by atoms with Gasteiger partial charge in [-0.15, -0.1) is 0 Å². The molecule has 9 heteroatoms. The summed E-state index contributed by atoms with van der Waals surface area (Å²) in [5, 5.41) is 17.2. The number of nitrogens with zero attached hydrogens (tertiary/aromatic N) is 4. The number of nitro groups is 1. The molecule has 0 radical (unpaired) electrons. The van der Waals surface area contributed by atoms with E-state index < -0.39 is 16.9 Å². The number of hydrogen-bond donors (Lipinski definition) is 1. The third-order valence-electron chi connectivity index (χ3n) is 4.45. The van der Waals surface area contributed by atoms with E-state index in [0.717, 1.165) is 18.4 Å². The van der Waals surface area contributed by atoms with E-state index in [4.69, 9.17) is 0 Å². The van der Waals surface area contributed by atoms with Gasteiger partial charge < -0.3 is 20.3 Å². The predicted molar refractivity (Wildman–Crippen MR) is 96.8 cm³/mol. The van der Waals surface area contributed by atoms with Crippen molar-refractivity contribution >= 4 is 17.6 Å². The maximum Gasteiger partial charge on any atom is 0.389 e. The number of aromatic nitrogens is 2. The van der Waals surface area contributed by atoms with Crippen LogP contribution in [-0.4, -0.2) is 50.5 Å². The van der Waals surface area contributed by atoms with Gasteiger partial charge in [-0.2, -0.15) is 4.68 Å². The Morgan fingerprint density at radius 2 is 1.89 bits per heavy atom. The Hall–Kier alpha value is -3.23. The van der Waals surface area contributed by atoms with Gasteiger partial charge in [-0.25, -0.2) is 0 Å². The van der Waals surface area contributed by atoms with Gasteiger partial charge in [-0.1, -0.05) is 30.3 Å². The second-order valence-electron chi connectivity index (χ2n) is 6.47. The van der Waals surface area contributed by atoms with Crippen molar-refractivity contribution in [2.75, 3.05) is 13.1 Å². The zero-order chi connectivity index (χ0) is 19.2. The van der Waals surface area contributed by atoms with Crippen molar-refractivity contribution < 1.29 is 14.5 Å². The normalized spacial score (nSPS) is 14.7. The first-order chi connectivity index (χ1) is 13.0. The minimum absolute atomic E-state index is 0.101. The Labute approximate surface area is 156 Å². The van der Waals surface area contributed by atoms with Gasteiger partial charge in [0.1, 0.15) is 12.6 Å². The van der Waals surface area contributed by atoms with E-state index in [1.807, 2.05) is 30.3 Å². The molecule has 1 aromatic heterocycles. The molecular formula is C18H21N5O4. The molecule has 1 N–H and O–H groups in total. The zero-order valence-corrected chi connectivity index (χ0v) is 14.8. The zero-order valence-electron chi connectivity index (χ0n) is 14.8. The molecule has 1 saturated heterocycles. The topological polar surface area (TPSA) is 110 Å². The Morgan fingerprint density at radius 3 is 2.52 bits per heavy atom. The van der Waals surface area contributed by atoms with Gasteiger partial charge in [0, 0.05) is 19.5 Å². The second-order valence-corrected chi connectivity index (χ2v) is 6.47. The molecule has 142 valence electrons. The van der Waals surface area contributed by atoms with Crippen molar-refractivity contribution in [1.29, 1.82) is 0 Å². The summed E-state index contributed by atoms with van der Waals surface area (Å²) in [7, 11) is 0. The lowest BCUT2D eigenvalue weighted by atomic mass is 10.0. The molecule has 1 fully saturated rings. The molecule has 0 spiro atoms. The first-order valence-electron chi connectivity index (χ1n) is 8.83. The van der Waals surface area contributed by atoms with Gasteiger partial charge in [-0.05, 0) is 23.3 Å². The van der Waals surface area contributed by atoms with Crippen LogP contribution in [0, 0.1) is 10.1 Å². The number of benzene rings is 1. The summed E-state index contributed by atoms with van der Waals surface area (Å²) in [6.07, 6.45) is 3.69. The maximum atomic E-state index is 12.8. The van der Waals surface area contributed by atoms with Crippen LogP contribution >= 0.6 is 0 Å². The van der Waals surface area contributed by atoms with Crippen molar-refractivity contribution in [3.8, 4) is 0 Å². The van der Waals surface area contributed by atoms with Gasteiger partial charge in [-0.3, -0.25) is 9.59 Å². The van der Waals surface area contributed by atoms with Crippen LogP contribution in [0.2, 0.25) is 0 Å². The number of hydrogen-bond acceptors (Lipinski definition) is 5. The lowest BCUT2D eigenvalue weighted by molar-refractivity contribution is -0.389. The highest BCUT2D eigenvalue weighted by atomic mass is 16.6. The highest BCUT2D eigenvalue weighted by Gasteiger charge is 2.28. The SMILES string of the molecule is O=C(Cn1ccc([N+](=O)[O-])n1)NC(Cc1ccccc1)C(=O)N1CCCC1. The van der Waals surface area contributed by atoms with Crippen molar-refractivity contribution in [3.63, 3.8) is 0 Å². The molecule has 3 rings (SSSR count). The first-order valence-corrected chi connectivity index (χ1v) is 8.83. The molecule has 0 saturated carbocycles. The van der Waals surface area contributed by atoms with Crippen LogP contribution in [0.25, 0.3) is 0 Å². The van der Waals surface area contributed by atoms with Crippen LogP contribution in [0.1, 0.15) is 18.4 Å². The monoisotopic (exact) mass is 371 g/mol. The summed E-state index contributed by atoms with van der Waals surface area (Å²) in [5.41, 5.74) is 0.949. The molecule has 1 aliphatic heterocycles. The fourth-order valence-corrected chi connectivity index (χ4v) is 3.13. The smallest absolute Gasteiger partial charge is 0.358 e. The fourth-order valence-electron chi connectivity index (χ4n) is 3.13. The maximum absolute atomic E-state index is 12.8. The van der Waals surface area contributed by atoms with Crippen molar-refractivity contribution in [2.24, 2.45) is 0 Å². The fraction of sp³-hybridized carbons (Fsp3) is 0.389. The van der Waals surface area contributed by atoms with Crippen LogP contribution in [0.15, 0.2) is 42.6 Å². The molecule has 2 heterocycles. The average molecular weight is 371 g/mol. The third kappa shape index (κ3) is 4.90. The van der Waals surface area contributed by atoms with Gasteiger partial charge in [0.2, 0.25) is 11.8 Å². The molecule has 9 nitrogen and oxygen atoms in total. The van der Waals surface area contributed by atoms with Crippen LogP contribution in [0.4, 0.5) is 5.82 Å². The van der Waals surface area contributed by atoms with Gasteiger partial charge >= 0.3 is 5.82 Å². The summed E-state index contributed by atoms with van der Waals surface area (Å²) >= 11 is 0. The van der Waals surface area contributed by atoms with Crippen LogP contribution in [-0.2, 0) is 22.6 Å². The van der Waals surface area contributed by atoms with Gasteiger partial charge in [0.15, 0.2) is 0 Å². The molecule has 2 aromatic rings. The van der Waals surface area contributed by atoms with Crippen LogP contribution < -0.4 is 5.32 Å². The van der Waals surface area contributed by atoms with Crippen LogP contribution in [0.5, 0.6) is 0 Å². The summed E-state index contributed by atoms with van der Waals surface area (Å²) in [4.78, 5) is 37.1. The van der Waals surface area contributed by atoms with E-state index in [2.05, 4.69) is 10.4 Å². The average Bonchev–Trinajstić information content (AvgIpc) is 3.33. The molecule has 1 atom stereocenters. The highest BCUT2D eigenvalue weighted by molar-refractivity contribution is 5.88. The predicted octanol–water partition coefficient (Wildman–Crippen LogP) is 1.14. The Kier molecular flexibility index (Phi) is 5.80. The lowest BCUT2D eigenvalue weighted by Gasteiger charge is -2.24. The molecule has 1 unspecified atom stereocenters. The summed E-state index contributed by atoms with van der Waals surface area (Å²) in [6.45, 7) is 1.21. The standard InChI is InChI=1S/C18H21N5O4/c24-17(13-22-11-8-16(20-22)23(26)27)19-15(12-14-6-2-1-3-7-14)18(25)21-9-4-5-10-21/h1-3,6-8,11,15H,4-5,9-10,12-13H2,(H,19,24). The number of carbonyl (C=O) groups is 2. The van der Waals surface area contributed by atoms with E-state index >= 15 is 0 Å². The Bertz CT molecular complexity index is 814. The van der Waals surface area contributed by atoms with Gasteiger partial charge in [0.05, 0.1) is 17.4 Å². The largest absolute Gasteiger partial charge is 0.389 e. The summed E-state index contributed by atoms with van der Waals surface area (Å²) in [6, 6.07) is 10.0. The first kappa shape index (κ1) is 18.6. The Morgan fingerprint density at radius 1 is 1.19 bits per heavy atom. The van der Waals surface area contributed by atoms with Crippen LogP contribution in [0.3, 0.4) is 0 Å². The third-order valence-corrected chi connectivity index (χ3v) is 4.45. The van der Waals surface area contributed by atoms with E-state index in [1.54, 1.807) is 4.90 Å². The molecule has 27 heavy (non-hydrogen) atoms. The highest BCUT2D eigenvalue weighted by Crippen LogP contribution is 2.12. The Balaban J connectivity index is 1.68. The van der Waals surface area contributed by atoms with E-state index in [1.165, 1.54) is 16.9 Å². The molecule has 2 amide bonds. The number of likely N-dealkylation sites (tertiary alicyclic amines) is 1. The molecular weight excluding hydrogens is 350 g/mol. The number of amides is 2.